The first-order valence-corrected chi connectivity index (χ1v) is 5.35. The van der Waals surface area contributed by atoms with Crippen molar-refractivity contribution in [3.05, 3.63) is 0 Å². The molecule has 4 heteroatoms. The van der Waals surface area contributed by atoms with Gasteiger partial charge in [-0.1, -0.05) is 0 Å². The van der Waals surface area contributed by atoms with Crippen LogP contribution in [0.2, 0.25) is 0 Å². The Morgan fingerprint density at radius 1 is 1.43 bits per heavy atom. The summed E-state index contributed by atoms with van der Waals surface area (Å²) in [6.07, 6.45) is 2.46. The van der Waals surface area contributed by atoms with E-state index in [2.05, 4.69) is 5.32 Å². The number of hydrogen-bond acceptors (Lipinski definition) is 3. The van der Waals surface area contributed by atoms with Gasteiger partial charge >= 0.3 is 0 Å². The van der Waals surface area contributed by atoms with Crippen LogP contribution in [0.1, 0.15) is 33.1 Å². The lowest BCUT2D eigenvalue weighted by Crippen LogP contribution is -2.43. The smallest absolute Gasteiger partial charge is 0.249 e. The van der Waals surface area contributed by atoms with Crippen molar-refractivity contribution in [3.63, 3.8) is 0 Å². The molecule has 14 heavy (non-hydrogen) atoms. The molecule has 2 heterocycles. The molecule has 0 aliphatic carbocycles. The van der Waals surface area contributed by atoms with E-state index in [0.717, 1.165) is 25.9 Å². The Kier molecular flexibility index (Phi) is 2.49. The van der Waals surface area contributed by atoms with Crippen molar-refractivity contribution in [2.24, 2.45) is 0 Å². The van der Waals surface area contributed by atoms with Gasteiger partial charge in [0.2, 0.25) is 5.91 Å². The number of carbonyl (C=O) groups excluding carboxylic acids is 1. The Hall–Kier alpha value is -0.610. The average Bonchev–Trinajstić information content (AvgIpc) is 2.44. The van der Waals surface area contributed by atoms with Gasteiger partial charge in [0.1, 0.15) is 5.60 Å². The molecule has 2 fully saturated rings. The third kappa shape index (κ3) is 1.64. The molecule has 0 aromatic rings. The summed E-state index contributed by atoms with van der Waals surface area (Å²) in [5.41, 5.74) is -0.188. The lowest BCUT2D eigenvalue weighted by Gasteiger charge is -2.33. The van der Waals surface area contributed by atoms with E-state index in [0.29, 0.717) is 6.42 Å². The third-order valence-electron chi connectivity index (χ3n) is 3.00. The molecule has 0 atom stereocenters. The van der Waals surface area contributed by atoms with Gasteiger partial charge in [0.05, 0.1) is 12.5 Å². The highest BCUT2D eigenvalue weighted by molar-refractivity contribution is 5.78. The molecule has 2 aliphatic heterocycles. The summed E-state index contributed by atoms with van der Waals surface area (Å²) in [5.74, 6) is 0.141. The van der Waals surface area contributed by atoms with E-state index in [1.54, 1.807) is 5.06 Å². The molecule has 0 aromatic heterocycles. The molecule has 2 aliphatic rings. The molecule has 1 spiro atoms. The molecule has 0 unspecified atom stereocenters. The van der Waals surface area contributed by atoms with E-state index in [4.69, 9.17) is 4.84 Å². The normalized spacial score (nSPS) is 26.5. The van der Waals surface area contributed by atoms with Gasteiger partial charge in [0, 0.05) is 0 Å². The van der Waals surface area contributed by atoms with E-state index in [-0.39, 0.29) is 17.6 Å². The van der Waals surface area contributed by atoms with Gasteiger partial charge < -0.3 is 5.32 Å². The minimum Gasteiger partial charge on any atom is -0.317 e. The molecule has 80 valence electrons. The maximum Gasteiger partial charge on any atom is 0.249 e. The van der Waals surface area contributed by atoms with E-state index < -0.39 is 0 Å². The highest BCUT2D eigenvalue weighted by Gasteiger charge is 2.46. The van der Waals surface area contributed by atoms with Crippen molar-refractivity contribution in [1.29, 1.82) is 0 Å². The summed E-state index contributed by atoms with van der Waals surface area (Å²) in [5, 5.41) is 4.83. The van der Waals surface area contributed by atoms with Gasteiger partial charge in [-0.2, -0.15) is 0 Å². The van der Waals surface area contributed by atoms with Gasteiger partial charge in [-0.05, 0) is 39.8 Å². The van der Waals surface area contributed by atoms with Crippen LogP contribution < -0.4 is 5.32 Å². The molecule has 0 radical (unpaired) electrons. The first-order chi connectivity index (χ1) is 6.63. The molecular formula is C10H18N2O2. The summed E-state index contributed by atoms with van der Waals surface area (Å²) in [4.78, 5) is 17.5. The Balaban J connectivity index is 2.07. The van der Waals surface area contributed by atoms with E-state index in [1.807, 2.05) is 13.8 Å². The second kappa shape index (κ2) is 3.51. The van der Waals surface area contributed by atoms with Crippen LogP contribution in [0, 0.1) is 0 Å². The van der Waals surface area contributed by atoms with Crippen LogP contribution in [0.4, 0.5) is 0 Å². The summed E-state index contributed by atoms with van der Waals surface area (Å²) >= 11 is 0. The minimum absolute atomic E-state index is 0.141. The van der Waals surface area contributed by atoms with Crippen LogP contribution in [-0.2, 0) is 9.63 Å². The summed E-state index contributed by atoms with van der Waals surface area (Å²) in [6, 6.07) is 0.150. The number of nitrogens with one attached hydrogen (secondary N) is 1. The molecule has 2 rings (SSSR count). The van der Waals surface area contributed by atoms with Gasteiger partial charge in [-0.3, -0.25) is 9.63 Å². The average molecular weight is 198 g/mol. The number of hydrogen-bond donors (Lipinski definition) is 1. The van der Waals surface area contributed by atoms with E-state index >= 15 is 0 Å². The van der Waals surface area contributed by atoms with E-state index in [9.17, 15) is 4.79 Å². The van der Waals surface area contributed by atoms with Crippen LogP contribution in [0.15, 0.2) is 0 Å². The third-order valence-corrected chi connectivity index (χ3v) is 3.00. The Morgan fingerprint density at radius 2 is 2.07 bits per heavy atom. The quantitative estimate of drug-likeness (QED) is 0.673. The van der Waals surface area contributed by atoms with Gasteiger partial charge in [0.25, 0.3) is 0 Å². The topological polar surface area (TPSA) is 41.6 Å². The Morgan fingerprint density at radius 3 is 2.57 bits per heavy atom. The van der Waals surface area contributed by atoms with Gasteiger partial charge in [-0.25, -0.2) is 5.06 Å². The standard InChI is InChI=1S/C10H18N2O2/c1-8(2)12-9(13)7-10(14-12)3-5-11-6-4-10/h8,11H,3-7H2,1-2H3. The predicted molar refractivity (Wildman–Crippen MR) is 52.5 cm³/mol. The molecule has 0 saturated carbocycles. The summed E-state index contributed by atoms with van der Waals surface area (Å²) in [6.45, 7) is 5.88. The number of nitrogens with zero attached hydrogens (tertiary/aromatic N) is 1. The monoisotopic (exact) mass is 198 g/mol. The lowest BCUT2D eigenvalue weighted by molar-refractivity contribution is -0.217. The summed E-state index contributed by atoms with van der Waals surface area (Å²) < 4.78 is 0. The largest absolute Gasteiger partial charge is 0.317 e. The van der Waals surface area contributed by atoms with Crippen LogP contribution in [0.25, 0.3) is 0 Å². The summed E-state index contributed by atoms with van der Waals surface area (Å²) in [7, 11) is 0. The highest BCUT2D eigenvalue weighted by Crippen LogP contribution is 2.35. The van der Waals surface area contributed by atoms with Gasteiger partial charge in [-0.15, -0.1) is 0 Å². The zero-order valence-electron chi connectivity index (χ0n) is 8.88. The van der Waals surface area contributed by atoms with Crippen molar-refractivity contribution in [3.8, 4) is 0 Å². The first-order valence-electron chi connectivity index (χ1n) is 5.35. The second-order valence-electron chi connectivity index (χ2n) is 4.51. The van der Waals surface area contributed by atoms with Crippen molar-refractivity contribution in [2.45, 2.75) is 44.8 Å². The predicted octanol–water partition coefficient (Wildman–Crippen LogP) is 0.681. The number of hydroxylamine groups is 2. The zero-order valence-corrected chi connectivity index (χ0v) is 8.88. The molecule has 4 nitrogen and oxygen atoms in total. The zero-order chi connectivity index (χ0) is 10.2. The first kappa shape index (κ1) is 9.93. The van der Waals surface area contributed by atoms with Crippen molar-refractivity contribution in [1.82, 2.24) is 10.4 Å². The molecular weight excluding hydrogens is 180 g/mol. The van der Waals surface area contributed by atoms with Crippen LogP contribution >= 0.6 is 0 Å². The lowest BCUT2D eigenvalue weighted by atomic mass is 9.90. The second-order valence-corrected chi connectivity index (χ2v) is 4.51. The maximum absolute atomic E-state index is 11.7. The fraction of sp³-hybridized carbons (Fsp3) is 0.900. The van der Waals surface area contributed by atoms with Crippen LogP contribution in [0.3, 0.4) is 0 Å². The van der Waals surface area contributed by atoms with Gasteiger partial charge in [0.15, 0.2) is 0 Å². The van der Waals surface area contributed by atoms with Crippen LogP contribution in [-0.4, -0.2) is 35.7 Å². The fourth-order valence-corrected chi connectivity index (χ4v) is 2.19. The van der Waals surface area contributed by atoms with E-state index in [1.165, 1.54) is 0 Å². The SMILES string of the molecule is CC(C)N1OC2(CCNCC2)CC1=O. The Bertz CT molecular complexity index is 234. The number of amides is 1. The molecule has 1 amide bonds. The molecule has 0 aromatic carbocycles. The van der Waals surface area contributed by atoms with Crippen LogP contribution in [0.5, 0.6) is 0 Å². The van der Waals surface area contributed by atoms with Crippen molar-refractivity contribution >= 4 is 5.91 Å². The molecule has 0 bridgehead atoms. The van der Waals surface area contributed by atoms with Crippen molar-refractivity contribution in [2.75, 3.05) is 13.1 Å². The number of carbonyl (C=O) groups is 1. The maximum atomic E-state index is 11.7. The minimum atomic E-state index is -0.188. The molecule has 1 N–H and O–H groups in total. The highest BCUT2D eigenvalue weighted by atomic mass is 16.7. The molecule has 2 saturated heterocycles. The fourth-order valence-electron chi connectivity index (χ4n) is 2.19. The number of piperidine rings is 1. The Labute approximate surface area is 84.6 Å². The van der Waals surface area contributed by atoms with Crippen molar-refractivity contribution < 1.29 is 9.63 Å². The number of rotatable bonds is 1.